The van der Waals surface area contributed by atoms with Crippen molar-refractivity contribution in [1.82, 2.24) is 28.8 Å². The molecule has 45 heavy (non-hydrogen) atoms. The van der Waals surface area contributed by atoms with Crippen molar-refractivity contribution in [2.45, 2.75) is 57.8 Å². The molecule has 0 atom stereocenters. The second kappa shape index (κ2) is 12.6. The fourth-order valence-corrected chi connectivity index (χ4v) is 4.43. The van der Waals surface area contributed by atoms with Crippen LogP contribution in [0.3, 0.4) is 0 Å². The number of carbonyl (C=O) groups is 2. The summed E-state index contributed by atoms with van der Waals surface area (Å²) in [6.07, 6.45) is 10.8. The van der Waals surface area contributed by atoms with Crippen molar-refractivity contribution in [2.75, 3.05) is 7.11 Å². The van der Waals surface area contributed by atoms with E-state index in [1.54, 1.807) is 46.0 Å². The molecule has 11 nitrogen and oxygen atoms in total. The van der Waals surface area contributed by atoms with Crippen molar-refractivity contribution in [3.63, 3.8) is 0 Å². The number of pyridine rings is 3. The highest BCUT2D eigenvalue weighted by molar-refractivity contribution is 5.85. The van der Waals surface area contributed by atoms with E-state index in [0.29, 0.717) is 0 Å². The summed E-state index contributed by atoms with van der Waals surface area (Å²) in [6, 6.07) is 19.7. The molecule has 0 spiro atoms. The van der Waals surface area contributed by atoms with Crippen molar-refractivity contribution in [3.05, 3.63) is 108 Å². The highest BCUT2D eigenvalue weighted by atomic mass is 16.5. The molecule has 0 bridgehead atoms. The first kappa shape index (κ1) is 32.4. The van der Waals surface area contributed by atoms with Gasteiger partial charge in [-0.2, -0.15) is 20.6 Å². The van der Waals surface area contributed by atoms with Gasteiger partial charge in [-0.15, -0.1) is 0 Å². The predicted molar refractivity (Wildman–Crippen MR) is 171 cm³/mol. The van der Waals surface area contributed by atoms with E-state index in [1.807, 2.05) is 101 Å². The third-order valence-corrected chi connectivity index (χ3v) is 7.94. The van der Waals surface area contributed by atoms with Crippen LogP contribution in [0.4, 0.5) is 0 Å². The van der Waals surface area contributed by atoms with Crippen molar-refractivity contribution >= 4 is 28.4 Å². The molecular formula is C34H38N8O3. The van der Waals surface area contributed by atoms with E-state index in [9.17, 15) is 9.59 Å². The summed E-state index contributed by atoms with van der Waals surface area (Å²) in [7, 11) is 1.40. The summed E-state index contributed by atoms with van der Waals surface area (Å²) in [5.74, 6) is -0.590. The normalized spacial score (nSPS) is 11.7. The van der Waals surface area contributed by atoms with Crippen LogP contribution in [0.2, 0.25) is 0 Å². The lowest BCUT2D eigenvalue weighted by Crippen LogP contribution is -2.35. The molecule has 6 heterocycles. The summed E-state index contributed by atoms with van der Waals surface area (Å²) in [6.45, 7) is 11.1. The van der Waals surface area contributed by atoms with Crippen LogP contribution in [0.1, 0.15) is 58.2 Å². The van der Waals surface area contributed by atoms with E-state index < -0.39 is 16.2 Å². The summed E-state index contributed by atoms with van der Waals surface area (Å²) in [5, 5.41) is 21.4. The molecule has 0 aliphatic carbocycles. The molecule has 11 heteroatoms. The Morgan fingerprint density at radius 3 is 1.42 bits per heavy atom. The third kappa shape index (κ3) is 6.86. The topological polar surface area (TPSA) is 145 Å². The molecule has 6 aromatic heterocycles. The van der Waals surface area contributed by atoms with Crippen molar-refractivity contribution in [2.24, 2.45) is 5.73 Å². The van der Waals surface area contributed by atoms with Gasteiger partial charge in [-0.25, -0.2) is 13.5 Å². The number of carbonyl (C=O) groups excluding carboxylic acids is 2. The van der Waals surface area contributed by atoms with E-state index in [1.165, 1.54) is 7.11 Å². The minimum absolute atomic E-state index is 0.251. The van der Waals surface area contributed by atoms with Crippen LogP contribution in [-0.2, 0) is 30.6 Å². The van der Waals surface area contributed by atoms with Crippen LogP contribution in [0.25, 0.3) is 16.6 Å². The number of methoxy groups -OCH3 is 1. The van der Waals surface area contributed by atoms with E-state index in [-0.39, 0.29) is 11.9 Å². The number of nitriles is 1. The Bertz CT molecular complexity index is 2010. The maximum absolute atomic E-state index is 11.7. The number of rotatable bonds is 5. The van der Waals surface area contributed by atoms with Gasteiger partial charge < -0.3 is 10.5 Å². The fraction of sp³-hybridized carbons (Fsp3) is 0.294. The molecule has 0 fully saturated rings. The van der Waals surface area contributed by atoms with E-state index in [4.69, 9.17) is 15.7 Å². The van der Waals surface area contributed by atoms with Crippen LogP contribution >= 0.6 is 0 Å². The Kier molecular flexibility index (Phi) is 9.09. The van der Waals surface area contributed by atoms with Gasteiger partial charge in [0.25, 0.3) is 0 Å². The molecule has 0 saturated heterocycles. The Labute approximate surface area is 261 Å². The van der Waals surface area contributed by atoms with Crippen LogP contribution < -0.4 is 5.73 Å². The molecule has 0 radical (unpaired) electrons. The van der Waals surface area contributed by atoms with Gasteiger partial charge in [0.2, 0.25) is 5.91 Å². The number of primary amides is 1. The maximum Gasteiger partial charge on any atom is 0.315 e. The Hall–Kier alpha value is -5.50. The Balaban J connectivity index is 0.000000154. The summed E-state index contributed by atoms with van der Waals surface area (Å²) < 4.78 is 10.1. The lowest BCUT2D eigenvalue weighted by molar-refractivity contribution is -0.146. The number of nitrogens with two attached hydrogens (primary N) is 1. The highest BCUT2D eigenvalue weighted by Gasteiger charge is 2.31. The standard InChI is InChI=1S/C12H14N2O2.C11H13N3O.C11H11N3/c1-12(2,11(15)16-3)9-4-5-10-6-7-13-14(10)8-9;1-11(2,10(12)15)8-3-4-9-5-6-13-14(9)7-8;1-11(2,8-12)9-3-4-10-5-6-13-14(10)7-9/h4-8H,1-3H3;3-7H,1-2H3,(H2,12,15);3-7H,1-2H3. The minimum atomic E-state index is -0.667. The number of ether oxygens (including phenoxy) is 1. The lowest BCUT2D eigenvalue weighted by Gasteiger charge is -2.21. The molecule has 0 unspecified atom stereocenters. The molecular weight excluding hydrogens is 568 g/mol. The number of aromatic nitrogens is 6. The largest absolute Gasteiger partial charge is 0.468 e. The zero-order valence-electron chi connectivity index (χ0n) is 26.6. The van der Waals surface area contributed by atoms with Crippen LogP contribution in [0.5, 0.6) is 0 Å². The summed E-state index contributed by atoms with van der Waals surface area (Å²) >= 11 is 0. The number of hydrogen-bond donors (Lipinski definition) is 1. The van der Waals surface area contributed by atoms with Crippen molar-refractivity contribution < 1.29 is 14.3 Å². The van der Waals surface area contributed by atoms with Gasteiger partial charge in [0, 0.05) is 37.2 Å². The van der Waals surface area contributed by atoms with Crippen molar-refractivity contribution in [3.8, 4) is 6.07 Å². The molecule has 0 aliphatic heterocycles. The molecule has 2 N–H and O–H groups in total. The maximum atomic E-state index is 11.7. The zero-order chi connectivity index (χ0) is 33.0. The molecule has 6 aromatic rings. The van der Waals surface area contributed by atoms with Gasteiger partial charge in [0.05, 0.1) is 46.0 Å². The first-order valence-electron chi connectivity index (χ1n) is 14.3. The fourth-order valence-electron chi connectivity index (χ4n) is 4.43. The van der Waals surface area contributed by atoms with E-state index >= 15 is 0 Å². The number of amides is 1. The lowest BCUT2D eigenvalue weighted by atomic mass is 9.85. The second-order valence-electron chi connectivity index (χ2n) is 12.2. The Morgan fingerprint density at radius 1 is 0.667 bits per heavy atom. The van der Waals surface area contributed by atoms with Crippen LogP contribution in [0.15, 0.2) is 91.8 Å². The van der Waals surface area contributed by atoms with Crippen LogP contribution in [0, 0.1) is 11.3 Å². The average molecular weight is 607 g/mol. The van der Waals surface area contributed by atoms with E-state index in [0.717, 1.165) is 33.2 Å². The number of esters is 1. The van der Waals surface area contributed by atoms with Gasteiger partial charge in [-0.05, 0) is 94.6 Å². The number of nitrogens with zero attached hydrogens (tertiary/aromatic N) is 7. The van der Waals surface area contributed by atoms with Gasteiger partial charge in [0.1, 0.15) is 0 Å². The first-order chi connectivity index (χ1) is 21.2. The molecule has 0 aromatic carbocycles. The third-order valence-electron chi connectivity index (χ3n) is 7.94. The van der Waals surface area contributed by atoms with Crippen molar-refractivity contribution in [1.29, 1.82) is 5.26 Å². The highest BCUT2D eigenvalue weighted by Crippen LogP contribution is 2.25. The van der Waals surface area contributed by atoms with Gasteiger partial charge in [-0.1, -0.05) is 18.2 Å². The molecule has 1 amide bonds. The second-order valence-corrected chi connectivity index (χ2v) is 12.2. The number of fused-ring (bicyclic) bond motifs is 3. The number of hydrogen-bond acceptors (Lipinski definition) is 7. The smallest absolute Gasteiger partial charge is 0.315 e. The minimum Gasteiger partial charge on any atom is -0.468 e. The SMILES string of the molecule is CC(C)(C#N)c1ccc2ccnn2c1.CC(C)(C(N)=O)c1ccc2ccnn2c1.COC(=O)C(C)(C)c1ccc2ccnn2c1. The first-order valence-corrected chi connectivity index (χ1v) is 14.3. The molecule has 0 aliphatic rings. The quantitative estimate of drug-likeness (QED) is 0.271. The average Bonchev–Trinajstić information content (AvgIpc) is 3.80. The van der Waals surface area contributed by atoms with Gasteiger partial charge in [-0.3, -0.25) is 9.59 Å². The van der Waals surface area contributed by atoms with Gasteiger partial charge in [0.15, 0.2) is 0 Å². The Morgan fingerprint density at radius 2 is 1.04 bits per heavy atom. The molecule has 0 saturated carbocycles. The predicted octanol–water partition coefficient (Wildman–Crippen LogP) is 5.02. The molecule has 232 valence electrons. The molecule has 6 rings (SSSR count). The summed E-state index contributed by atoms with van der Waals surface area (Å²) in [5.41, 5.74) is 9.35. The van der Waals surface area contributed by atoms with E-state index in [2.05, 4.69) is 21.4 Å². The van der Waals surface area contributed by atoms with Crippen LogP contribution in [-0.4, -0.2) is 47.8 Å². The monoisotopic (exact) mass is 606 g/mol. The zero-order valence-corrected chi connectivity index (χ0v) is 26.6. The van der Waals surface area contributed by atoms with Gasteiger partial charge >= 0.3 is 5.97 Å². The summed E-state index contributed by atoms with van der Waals surface area (Å²) in [4.78, 5) is 22.9.